The molecule has 4 heteroatoms. The highest BCUT2D eigenvalue weighted by molar-refractivity contribution is 5.87. The third kappa shape index (κ3) is 4.57. The van der Waals surface area contributed by atoms with Crippen LogP contribution in [-0.2, 0) is 16.2 Å². The van der Waals surface area contributed by atoms with E-state index in [0.717, 1.165) is 40.1 Å². The van der Waals surface area contributed by atoms with Crippen molar-refractivity contribution < 1.29 is 0 Å². The van der Waals surface area contributed by atoms with Crippen LogP contribution in [-0.4, -0.2) is 9.97 Å². The highest BCUT2D eigenvalue weighted by Gasteiger charge is 2.39. The predicted molar refractivity (Wildman–Crippen MR) is 200 cm³/mol. The Morgan fingerprint density at radius 2 is 0.833 bits per heavy atom. The lowest BCUT2D eigenvalue weighted by molar-refractivity contribution is 0.580. The molecule has 0 atom stereocenters. The summed E-state index contributed by atoms with van der Waals surface area (Å²) in [5, 5.41) is 0. The summed E-state index contributed by atoms with van der Waals surface area (Å²) in [5.41, 5.74) is 12.6. The molecule has 0 bridgehead atoms. The topological polar surface area (TPSA) is 32.3 Å². The Morgan fingerprint density at radius 3 is 1.27 bits per heavy atom. The van der Waals surface area contributed by atoms with Crippen LogP contribution in [0.15, 0.2) is 127 Å². The number of pyridine rings is 2. The molecule has 0 amide bonds. The van der Waals surface area contributed by atoms with Gasteiger partial charge in [0.1, 0.15) is 11.6 Å². The molecular formula is C44H42N4. The smallest absolute Gasteiger partial charge is 0.138 e. The molecule has 2 aliphatic heterocycles. The van der Waals surface area contributed by atoms with E-state index >= 15 is 0 Å². The maximum absolute atomic E-state index is 5.33. The van der Waals surface area contributed by atoms with Crippen LogP contribution in [0.3, 0.4) is 0 Å². The monoisotopic (exact) mass is 626 g/mol. The molecule has 6 aromatic rings. The van der Waals surface area contributed by atoms with Crippen molar-refractivity contribution in [3.63, 3.8) is 0 Å². The second-order valence-electron chi connectivity index (χ2n) is 15.2. The molecule has 0 fully saturated rings. The molecule has 48 heavy (non-hydrogen) atoms. The van der Waals surface area contributed by atoms with Crippen LogP contribution in [0.25, 0.3) is 11.4 Å². The Hall–Kier alpha value is -5.22. The van der Waals surface area contributed by atoms with Crippen LogP contribution >= 0.6 is 0 Å². The van der Waals surface area contributed by atoms with Gasteiger partial charge in [0.25, 0.3) is 0 Å². The van der Waals surface area contributed by atoms with Crippen molar-refractivity contribution in [2.75, 3.05) is 9.80 Å². The zero-order valence-corrected chi connectivity index (χ0v) is 28.9. The zero-order valence-electron chi connectivity index (χ0n) is 28.9. The molecule has 4 heterocycles. The highest BCUT2D eigenvalue weighted by atomic mass is 15.2. The van der Waals surface area contributed by atoms with Gasteiger partial charge in [0.05, 0.1) is 34.1 Å². The highest BCUT2D eigenvalue weighted by Crippen LogP contribution is 2.53. The summed E-state index contributed by atoms with van der Waals surface area (Å²) < 4.78 is 0. The van der Waals surface area contributed by atoms with Gasteiger partial charge in [-0.15, -0.1) is 0 Å². The lowest BCUT2D eigenvalue weighted by atomic mass is 9.72. The van der Waals surface area contributed by atoms with Gasteiger partial charge in [0, 0.05) is 10.8 Å². The second-order valence-corrected chi connectivity index (χ2v) is 15.2. The van der Waals surface area contributed by atoms with Crippen molar-refractivity contribution in [3.8, 4) is 11.4 Å². The molecule has 238 valence electrons. The summed E-state index contributed by atoms with van der Waals surface area (Å²) in [7, 11) is 0. The summed E-state index contributed by atoms with van der Waals surface area (Å²) in [6.07, 6.45) is 0. The fourth-order valence-corrected chi connectivity index (χ4v) is 7.71. The minimum absolute atomic E-state index is 0.0485. The Labute approximate surface area is 284 Å². The van der Waals surface area contributed by atoms with E-state index in [0.29, 0.717) is 0 Å². The van der Waals surface area contributed by atoms with Gasteiger partial charge in [-0.25, -0.2) is 9.97 Å². The van der Waals surface area contributed by atoms with Crippen molar-refractivity contribution in [2.24, 2.45) is 0 Å². The summed E-state index contributed by atoms with van der Waals surface area (Å²) >= 11 is 0. The van der Waals surface area contributed by atoms with Crippen LogP contribution < -0.4 is 9.80 Å². The van der Waals surface area contributed by atoms with E-state index in [-0.39, 0.29) is 16.2 Å². The number of para-hydroxylation sites is 3. The SMILES string of the molecule is CC(C)(C)c1ccc2c(c1)C(C)(C)c1ccccc1N2c1cccc(-c2cccc(N3c4ccccc4C(C)(C)c4ccccc43)n2)n1. The van der Waals surface area contributed by atoms with E-state index in [1.54, 1.807) is 0 Å². The number of rotatable bonds is 3. The minimum Gasteiger partial charge on any atom is -0.294 e. The van der Waals surface area contributed by atoms with Crippen molar-refractivity contribution >= 4 is 34.4 Å². The molecule has 0 spiro atoms. The molecule has 2 aliphatic rings. The van der Waals surface area contributed by atoms with E-state index < -0.39 is 0 Å². The van der Waals surface area contributed by atoms with E-state index in [2.05, 4.69) is 186 Å². The quantitative estimate of drug-likeness (QED) is 0.196. The van der Waals surface area contributed by atoms with Crippen LogP contribution in [0.5, 0.6) is 0 Å². The summed E-state index contributed by atoms with van der Waals surface area (Å²) in [4.78, 5) is 15.2. The second kappa shape index (κ2) is 10.6. The van der Waals surface area contributed by atoms with E-state index in [1.165, 1.54) is 33.5 Å². The zero-order chi connectivity index (χ0) is 33.4. The maximum atomic E-state index is 5.33. The van der Waals surface area contributed by atoms with Crippen LogP contribution in [0.2, 0.25) is 0 Å². The average molecular weight is 627 g/mol. The van der Waals surface area contributed by atoms with Gasteiger partial charge in [-0.2, -0.15) is 0 Å². The predicted octanol–water partition coefficient (Wildman–Crippen LogP) is 11.7. The first-order valence-corrected chi connectivity index (χ1v) is 16.9. The first kappa shape index (κ1) is 30.1. The number of anilines is 6. The number of hydrogen-bond donors (Lipinski definition) is 0. The third-order valence-electron chi connectivity index (χ3n) is 10.4. The Bertz CT molecular complexity index is 2150. The number of nitrogens with zero attached hydrogens (tertiary/aromatic N) is 4. The number of fused-ring (bicyclic) bond motifs is 4. The van der Waals surface area contributed by atoms with E-state index in [1.807, 2.05) is 0 Å². The number of aromatic nitrogens is 2. The van der Waals surface area contributed by atoms with Crippen LogP contribution in [0.1, 0.15) is 76.3 Å². The van der Waals surface area contributed by atoms with Gasteiger partial charge >= 0.3 is 0 Å². The summed E-state index contributed by atoms with van der Waals surface area (Å²) in [6.45, 7) is 16.1. The Balaban J connectivity index is 1.26. The average Bonchev–Trinajstić information content (AvgIpc) is 3.08. The van der Waals surface area contributed by atoms with Crippen molar-refractivity contribution in [2.45, 2.75) is 64.7 Å². The molecule has 0 radical (unpaired) electrons. The van der Waals surface area contributed by atoms with Crippen molar-refractivity contribution in [3.05, 3.63) is 155 Å². The maximum Gasteiger partial charge on any atom is 0.138 e. The molecule has 2 aromatic heterocycles. The molecule has 4 aromatic carbocycles. The van der Waals surface area contributed by atoms with Gasteiger partial charge < -0.3 is 0 Å². The molecule has 0 N–H and O–H groups in total. The minimum atomic E-state index is -0.160. The molecule has 0 saturated carbocycles. The van der Waals surface area contributed by atoms with Gasteiger partial charge in [-0.05, 0) is 81.8 Å². The Kier molecular flexibility index (Phi) is 6.68. The molecular weight excluding hydrogens is 585 g/mol. The first-order chi connectivity index (χ1) is 23.0. The Morgan fingerprint density at radius 1 is 0.438 bits per heavy atom. The molecule has 0 aliphatic carbocycles. The van der Waals surface area contributed by atoms with E-state index in [9.17, 15) is 0 Å². The van der Waals surface area contributed by atoms with E-state index in [4.69, 9.17) is 9.97 Å². The van der Waals surface area contributed by atoms with Gasteiger partial charge in [0.2, 0.25) is 0 Å². The lowest BCUT2D eigenvalue weighted by Crippen LogP contribution is -2.31. The molecule has 0 saturated heterocycles. The molecule has 8 rings (SSSR count). The van der Waals surface area contributed by atoms with Gasteiger partial charge in [-0.1, -0.05) is 127 Å². The van der Waals surface area contributed by atoms with Crippen molar-refractivity contribution in [1.82, 2.24) is 9.97 Å². The van der Waals surface area contributed by atoms with Gasteiger partial charge in [0.15, 0.2) is 0 Å². The van der Waals surface area contributed by atoms with Crippen molar-refractivity contribution in [1.29, 1.82) is 0 Å². The fourth-order valence-electron chi connectivity index (χ4n) is 7.71. The first-order valence-electron chi connectivity index (χ1n) is 16.9. The normalized spacial score (nSPS) is 15.6. The third-order valence-corrected chi connectivity index (χ3v) is 10.4. The fraction of sp³-hybridized carbons (Fsp3) is 0.227. The van der Waals surface area contributed by atoms with Crippen LogP contribution in [0.4, 0.5) is 34.4 Å². The largest absolute Gasteiger partial charge is 0.294 e. The lowest BCUT2D eigenvalue weighted by Gasteiger charge is -2.42. The van der Waals surface area contributed by atoms with Crippen LogP contribution in [0, 0.1) is 0 Å². The number of benzene rings is 4. The van der Waals surface area contributed by atoms with Gasteiger partial charge in [-0.3, -0.25) is 9.80 Å². The number of hydrogen-bond acceptors (Lipinski definition) is 4. The summed E-state index contributed by atoms with van der Waals surface area (Å²) in [6, 6.07) is 45.7. The molecule has 0 unspecified atom stereocenters. The standard InChI is InChI=1S/C44H42N4/c1-42(2,3)29-26-27-39-33(28-29)44(6,7)32-18-10-13-23-38(32)48(39)41-25-15-20-35(46-41)34-19-14-24-40(45-34)47-36-21-11-8-16-30(36)43(4,5)31-17-9-12-22-37(31)47/h8-28H,1-7H3. The molecule has 4 nitrogen and oxygen atoms in total. The summed E-state index contributed by atoms with van der Waals surface area (Å²) in [5.74, 6) is 1.75.